The molecule has 0 saturated carbocycles. The molecule has 1 aromatic carbocycles. The van der Waals surface area contributed by atoms with Gasteiger partial charge in [-0.05, 0) is 62.4 Å². The van der Waals surface area contributed by atoms with Crippen molar-refractivity contribution in [2.24, 2.45) is 10.9 Å². The molecule has 0 radical (unpaired) electrons. The minimum atomic E-state index is 0. The van der Waals surface area contributed by atoms with Crippen molar-refractivity contribution in [1.82, 2.24) is 20.4 Å². The fourth-order valence-electron chi connectivity index (χ4n) is 4.75. The summed E-state index contributed by atoms with van der Waals surface area (Å²) in [6.45, 7) is 5.00. The standard InChI is InChI=1S/C24H39N5O2.HI/c1-25-23(30)17-19-11-15-29(16-12-19)24(26-2)27-18-22(28-13-5-4-6-14-28)20-7-9-21(31-3)10-8-20;/h7-10,19,22H,4-6,11-18H2,1-3H3,(H,25,30)(H,26,27);1H. The van der Waals surface area contributed by atoms with Crippen molar-refractivity contribution < 1.29 is 9.53 Å². The van der Waals surface area contributed by atoms with Gasteiger partial charge in [-0.15, -0.1) is 24.0 Å². The molecule has 2 aliphatic rings. The van der Waals surface area contributed by atoms with Crippen LogP contribution in [-0.2, 0) is 4.79 Å². The predicted octanol–water partition coefficient (Wildman–Crippen LogP) is 3.26. The molecule has 3 rings (SSSR count). The number of benzene rings is 1. The van der Waals surface area contributed by atoms with Crippen molar-refractivity contribution in [2.75, 3.05) is 53.9 Å². The Bertz CT molecular complexity index is 714. The third-order valence-electron chi connectivity index (χ3n) is 6.66. The van der Waals surface area contributed by atoms with Crippen LogP contribution in [0.15, 0.2) is 29.3 Å². The lowest BCUT2D eigenvalue weighted by Gasteiger charge is -2.37. The van der Waals surface area contributed by atoms with Crippen LogP contribution in [0.5, 0.6) is 5.75 Å². The summed E-state index contributed by atoms with van der Waals surface area (Å²) in [6, 6.07) is 8.80. The Morgan fingerprint density at radius 3 is 2.34 bits per heavy atom. The third-order valence-corrected chi connectivity index (χ3v) is 6.66. The molecular formula is C24H40IN5O2. The average molecular weight is 558 g/mol. The van der Waals surface area contributed by atoms with Crippen LogP contribution in [0.2, 0.25) is 0 Å². The molecule has 180 valence electrons. The van der Waals surface area contributed by atoms with Crippen LogP contribution in [0, 0.1) is 5.92 Å². The molecule has 2 N–H and O–H groups in total. The second-order valence-electron chi connectivity index (χ2n) is 8.62. The molecule has 32 heavy (non-hydrogen) atoms. The maximum atomic E-state index is 11.7. The van der Waals surface area contributed by atoms with E-state index in [1.54, 1.807) is 14.2 Å². The van der Waals surface area contributed by atoms with Crippen LogP contribution in [0.4, 0.5) is 0 Å². The van der Waals surface area contributed by atoms with E-state index in [2.05, 4.69) is 49.7 Å². The fraction of sp³-hybridized carbons (Fsp3) is 0.667. The van der Waals surface area contributed by atoms with Gasteiger partial charge in [-0.25, -0.2) is 0 Å². The fourth-order valence-corrected chi connectivity index (χ4v) is 4.75. The molecule has 1 aromatic rings. The molecule has 1 amide bonds. The van der Waals surface area contributed by atoms with E-state index >= 15 is 0 Å². The van der Waals surface area contributed by atoms with Gasteiger partial charge in [0.1, 0.15) is 5.75 Å². The third kappa shape index (κ3) is 7.50. The van der Waals surface area contributed by atoms with E-state index in [1.165, 1.54) is 24.8 Å². The highest BCUT2D eigenvalue weighted by molar-refractivity contribution is 14.0. The smallest absolute Gasteiger partial charge is 0.220 e. The zero-order valence-corrected chi connectivity index (χ0v) is 22.1. The van der Waals surface area contributed by atoms with Gasteiger partial charge in [-0.1, -0.05) is 18.6 Å². The molecule has 1 unspecified atom stereocenters. The van der Waals surface area contributed by atoms with E-state index in [1.807, 2.05) is 7.05 Å². The van der Waals surface area contributed by atoms with Gasteiger partial charge < -0.3 is 20.3 Å². The van der Waals surface area contributed by atoms with Gasteiger partial charge in [0.2, 0.25) is 5.91 Å². The zero-order valence-electron chi connectivity index (χ0n) is 19.8. The number of hydrogen-bond donors (Lipinski definition) is 2. The molecule has 0 spiro atoms. The van der Waals surface area contributed by atoms with Crippen molar-refractivity contribution in [1.29, 1.82) is 0 Å². The van der Waals surface area contributed by atoms with E-state index in [9.17, 15) is 4.79 Å². The highest BCUT2D eigenvalue weighted by Crippen LogP contribution is 2.26. The first-order chi connectivity index (χ1) is 15.1. The van der Waals surface area contributed by atoms with E-state index in [-0.39, 0.29) is 29.9 Å². The second kappa shape index (κ2) is 13.9. The molecule has 2 heterocycles. The second-order valence-corrected chi connectivity index (χ2v) is 8.62. The van der Waals surface area contributed by atoms with Gasteiger partial charge in [0.05, 0.1) is 13.2 Å². The number of aliphatic imine (C=N–C) groups is 1. The number of carbonyl (C=O) groups is 1. The van der Waals surface area contributed by atoms with Gasteiger partial charge in [0.25, 0.3) is 0 Å². The van der Waals surface area contributed by atoms with Crippen LogP contribution in [-0.4, -0.2) is 75.6 Å². The summed E-state index contributed by atoms with van der Waals surface area (Å²) in [7, 11) is 5.29. The largest absolute Gasteiger partial charge is 0.497 e. The highest BCUT2D eigenvalue weighted by atomic mass is 127. The predicted molar refractivity (Wildman–Crippen MR) is 141 cm³/mol. The number of piperidine rings is 2. The van der Waals surface area contributed by atoms with Gasteiger partial charge >= 0.3 is 0 Å². The molecule has 0 aromatic heterocycles. The van der Waals surface area contributed by atoms with E-state index < -0.39 is 0 Å². The maximum Gasteiger partial charge on any atom is 0.220 e. The van der Waals surface area contributed by atoms with Crippen LogP contribution in [0.3, 0.4) is 0 Å². The lowest BCUT2D eigenvalue weighted by Crippen LogP contribution is -2.48. The number of guanidine groups is 1. The first-order valence-corrected chi connectivity index (χ1v) is 11.7. The number of nitrogens with one attached hydrogen (secondary N) is 2. The quantitative estimate of drug-likeness (QED) is 0.306. The highest BCUT2D eigenvalue weighted by Gasteiger charge is 2.26. The lowest BCUT2D eigenvalue weighted by atomic mass is 9.93. The Kier molecular flexibility index (Phi) is 11.6. The molecule has 2 fully saturated rings. The summed E-state index contributed by atoms with van der Waals surface area (Å²) in [5.41, 5.74) is 1.31. The van der Waals surface area contributed by atoms with E-state index in [0.29, 0.717) is 18.4 Å². The monoisotopic (exact) mass is 557 g/mol. The number of amides is 1. The van der Waals surface area contributed by atoms with Crippen molar-refractivity contribution >= 4 is 35.8 Å². The first-order valence-electron chi connectivity index (χ1n) is 11.7. The maximum absolute atomic E-state index is 11.7. The minimum absolute atomic E-state index is 0. The molecular weight excluding hydrogens is 517 g/mol. The summed E-state index contributed by atoms with van der Waals surface area (Å²) in [5, 5.41) is 6.40. The summed E-state index contributed by atoms with van der Waals surface area (Å²) in [6.07, 6.45) is 6.54. The Labute approximate surface area is 210 Å². The van der Waals surface area contributed by atoms with Crippen molar-refractivity contribution in [3.8, 4) is 5.75 Å². The topological polar surface area (TPSA) is 69.2 Å². The first kappa shape index (κ1) is 26.7. The summed E-state index contributed by atoms with van der Waals surface area (Å²) < 4.78 is 5.35. The number of nitrogens with zero attached hydrogens (tertiary/aromatic N) is 3. The number of rotatable bonds is 7. The molecule has 0 bridgehead atoms. The number of carbonyl (C=O) groups excluding carboxylic acids is 1. The van der Waals surface area contributed by atoms with Crippen LogP contribution < -0.4 is 15.4 Å². The Morgan fingerprint density at radius 2 is 1.78 bits per heavy atom. The number of methoxy groups -OCH3 is 1. The van der Waals surface area contributed by atoms with Crippen molar-refractivity contribution in [3.05, 3.63) is 29.8 Å². The molecule has 7 nitrogen and oxygen atoms in total. The van der Waals surface area contributed by atoms with Crippen LogP contribution in [0.25, 0.3) is 0 Å². The summed E-state index contributed by atoms with van der Waals surface area (Å²) in [4.78, 5) is 21.2. The SMILES string of the molecule is CN=C(NCC(c1ccc(OC)cc1)N1CCCCC1)N1CCC(CC(=O)NC)CC1.I. The molecule has 8 heteroatoms. The normalized spacial score (nSPS) is 19.1. The minimum Gasteiger partial charge on any atom is -0.497 e. The Hall–Kier alpha value is -1.55. The summed E-state index contributed by atoms with van der Waals surface area (Å²) in [5.74, 6) is 2.47. The number of halogens is 1. The summed E-state index contributed by atoms with van der Waals surface area (Å²) >= 11 is 0. The van der Waals surface area contributed by atoms with Gasteiger partial charge in [-0.2, -0.15) is 0 Å². The zero-order chi connectivity index (χ0) is 22.1. The lowest BCUT2D eigenvalue weighted by molar-refractivity contribution is -0.121. The number of likely N-dealkylation sites (tertiary alicyclic amines) is 2. The Balaban J connectivity index is 0.00000363. The van der Waals surface area contributed by atoms with Crippen molar-refractivity contribution in [2.45, 2.75) is 44.6 Å². The van der Waals surface area contributed by atoms with Gasteiger partial charge in [0.15, 0.2) is 5.96 Å². The number of ether oxygens (including phenoxy) is 1. The average Bonchev–Trinajstić information content (AvgIpc) is 2.83. The molecule has 0 aliphatic carbocycles. The van der Waals surface area contributed by atoms with Gasteiger partial charge in [-0.3, -0.25) is 14.7 Å². The van der Waals surface area contributed by atoms with Crippen LogP contribution >= 0.6 is 24.0 Å². The molecule has 2 saturated heterocycles. The van der Waals surface area contributed by atoms with Crippen molar-refractivity contribution in [3.63, 3.8) is 0 Å². The van der Waals surface area contributed by atoms with E-state index in [4.69, 9.17) is 4.74 Å². The molecule has 2 aliphatic heterocycles. The van der Waals surface area contributed by atoms with E-state index in [0.717, 1.165) is 57.3 Å². The van der Waals surface area contributed by atoms with Gasteiger partial charge in [0, 0.05) is 40.2 Å². The Morgan fingerprint density at radius 1 is 1.12 bits per heavy atom. The van der Waals surface area contributed by atoms with Crippen LogP contribution in [0.1, 0.15) is 50.1 Å². The number of hydrogen-bond acceptors (Lipinski definition) is 4. The molecule has 1 atom stereocenters.